The molecule has 0 radical (unpaired) electrons. The van der Waals surface area contributed by atoms with E-state index in [2.05, 4.69) is 9.88 Å². The Kier molecular flexibility index (Phi) is 8.12. The summed E-state index contributed by atoms with van der Waals surface area (Å²) < 4.78 is 17.0. The van der Waals surface area contributed by atoms with E-state index in [1.54, 1.807) is 7.11 Å². The number of nitrogens with zero attached hydrogens (tertiary/aromatic N) is 1. The number of aromatic nitrogens is 1. The minimum absolute atomic E-state index is 0.125. The van der Waals surface area contributed by atoms with E-state index in [0.29, 0.717) is 44.0 Å². The largest absolute Gasteiger partial charge is 0.497 e. The van der Waals surface area contributed by atoms with Crippen molar-refractivity contribution in [1.82, 2.24) is 9.88 Å². The molecular formula is C27H32N2O7. The zero-order valence-corrected chi connectivity index (χ0v) is 20.3. The maximum Gasteiger partial charge on any atom is 0.306 e. The van der Waals surface area contributed by atoms with Crippen LogP contribution in [0.3, 0.4) is 0 Å². The number of carboxylic acids is 1. The highest BCUT2D eigenvalue weighted by atomic mass is 16.6. The highest BCUT2D eigenvalue weighted by Crippen LogP contribution is 2.34. The molecule has 0 amide bonds. The van der Waals surface area contributed by atoms with Crippen molar-refractivity contribution < 1.29 is 34.0 Å². The van der Waals surface area contributed by atoms with Gasteiger partial charge in [0.15, 0.2) is 0 Å². The molecule has 192 valence electrons. The number of piperidine rings is 1. The predicted octanol–water partition coefficient (Wildman–Crippen LogP) is 3.32. The van der Waals surface area contributed by atoms with Gasteiger partial charge in [0.2, 0.25) is 0 Å². The third-order valence-corrected chi connectivity index (χ3v) is 6.57. The van der Waals surface area contributed by atoms with Crippen LogP contribution in [0.15, 0.2) is 54.7 Å². The van der Waals surface area contributed by atoms with Crippen LogP contribution in [0.25, 0.3) is 10.9 Å². The number of hydrogen-bond acceptors (Lipinski definition) is 7. The molecule has 0 bridgehead atoms. The molecule has 9 heteroatoms. The summed E-state index contributed by atoms with van der Waals surface area (Å²) >= 11 is 0. The summed E-state index contributed by atoms with van der Waals surface area (Å²) in [6, 6.07) is 15.1. The number of carbonyl (C=O) groups excluding carboxylic acids is 1. The first-order chi connectivity index (χ1) is 17.4. The summed E-state index contributed by atoms with van der Waals surface area (Å²) in [4.78, 5) is 28.4. The molecule has 1 saturated heterocycles. The van der Waals surface area contributed by atoms with Crippen molar-refractivity contribution in [1.29, 1.82) is 0 Å². The number of carboxylic acid groups (broad SMARTS) is 1. The standard InChI is InChI=1S/C27H32N2O7/c1-34-20-5-2-4-19(16-20)27(33)11-14-29(15-12-27)17-21(36-26(32)9-8-25(30)31)18-35-24-7-3-6-23-22(24)10-13-28-23/h2-7,10,13,16,21,28,33H,8-9,11-12,14-15,17-18H2,1H3,(H,30,31)/t21-/m0/s1. The number of benzene rings is 2. The van der Waals surface area contributed by atoms with Crippen LogP contribution in [0.5, 0.6) is 11.5 Å². The Morgan fingerprint density at radius 3 is 2.64 bits per heavy atom. The lowest BCUT2D eigenvalue weighted by Gasteiger charge is -2.39. The van der Waals surface area contributed by atoms with Gasteiger partial charge in [-0.15, -0.1) is 0 Å². The second kappa shape index (κ2) is 11.5. The lowest BCUT2D eigenvalue weighted by Crippen LogP contribution is -2.47. The van der Waals surface area contributed by atoms with E-state index in [1.165, 1.54) is 0 Å². The highest BCUT2D eigenvalue weighted by Gasteiger charge is 2.35. The van der Waals surface area contributed by atoms with E-state index < -0.39 is 23.6 Å². The average Bonchev–Trinajstić information content (AvgIpc) is 3.37. The number of fused-ring (bicyclic) bond motifs is 1. The zero-order chi connectivity index (χ0) is 25.5. The molecule has 0 aliphatic carbocycles. The first kappa shape index (κ1) is 25.5. The molecule has 1 aliphatic heterocycles. The molecule has 0 saturated carbocycles. The molecular weight excluding hydrogens is 464 g/mol. The number of esters is 1. The zero-order valence-electron chi connectivity index (χ0n) is 20.3. The molecule has 0 unspecified atom stereocenters. The van der Waals surface area contributed by atoms with Gasteiger partial charge in [-0.2, -0.15) is 0 Å². The van der Waals surface area contributed by atoms with Crippen molar-refractivity contribution in [2.24, 2.45) is 0 Å². The van der Waals surface area contributed by atoms with E-state index in [9.17, 15) is 14.7 Å². The van der Waals surface area contributed by atoms with Gasteiger partial charge in [0.25, 0.3) is 0 Å². The van der Waals surface area contributed by atoms with Crippen molar-refractivity contribution in [3.05, 3.63) is 60.3 Å². The number of H-pyrrole nitrogens is 1. The third kappa shape index (κ3) is 6.35. The van der Waals surface area contributed by atoms with Crippen LogP contribution in [0, 0.1) is 0 Å². The summed E-state index contributed by atoms with van der Waals surface area (Å²) in [7, 11) is 1.60. The monoisotopic (exact) mass is 496 g/mol. The average molecular weight is 497 g/mol. The van der Waals surface area contributed by atoms with Gasteiger partial charge in [-0.3, -0.25) is 14.5 Å². The number of aliphatic carboxylic acids is 1. The molecule has 1 fully saturated rings. The summed E-state index contributed by atoms with van der Waals surface area (Å²) in [5, 5.41) is 21.1. The maximum atomic E-state index is 12.3. The molecule has 0 spiro atoms. The number of aliphatic hydroxyl groups is 1. The predicted molar refractivity (Wildman–Crippen MR) is 133 cm³/mol. The van der Waals surface area contributed by atoms with E-state index >= 15 is 0 Å². The van der Waals surface area contributed by atoms with Crippen LogP contribution >= 0.6 is 0 Å². The molecule has 1 aromatic heterocycles. The van der Waals surface area contributed by atoms with Crippen molar-refractivity contribution >= 4 is 22.8 Å². The Hall–Kier alpha value is -3.56. The topological polar surface area (TPSA) is 121 Å². The number of carbonyl (C=O) groups is 2. The number of hydrogen-bond donors (Lipinski definition) is 3. The highest BCUT2D eigenvalue weighted by molar-refractivity contribution is 5.85. The van der Waals surface area contributed by atoms with Crippen molar-refractivity contribution in [2.45, 2.75) is 37.4 Å². The SMILES string of the molecule is COc1cccc(C2(O)CCN(C[C@@H](COc3cccc4[nH]ccc34)OC(=O)CCC(=O)O)CC2)c1. The normalized spacial score (nSPS) is 16.4. The van der Waals surface area contributed by atoms with Crippen LogP contribution in [0.1, 0.15) is 31.2 Å². The second-order valence-corrected chi connectivity index (χ2v) is 9.08. The fraction of sp³-hybridized carbons (Fsp3) is 0.407. The van der Waals surface area contributed by atoms with E-state index in [0.717, 1.165) is 16.5 Å². The Morgan fingerprint density at radius 2 is 1.89 bits per heavy atom. The maximum absolute atomic E-state index is 12.3. The van der Waals surface area contributed by atoms with Gasteiger partial charge in [0, 0.05) is 36.7 Å². The molecule has 36 heavy (non-hydrogen) atoms. The fourth-order valence-corrected chi connectivity index (χ4v) is 4.54. The van der Waals surface area contributed by atoms with Gasteiger partial charge in [0.05, 0.1) is 25.6 Å². The molecule has 2 aromatic carbocycles. The van der Waals surface area contributed by atoms with Crippen molar-refractivity contribution in [3.8, 4) is 11.5 Å². The van der Waals surface area contributed by atoms with Crippen molar-refractivity contribution in [3.63, 3.8) is 0 Å². The molecule has 9 nitrogen and oxygen atoms in total. The molecule has 1 atom stereocenters. The third-order valence-electron chi connectivity index (χ3n) is 6.57. The minimum Gasteiger partial charge on any atom is -0.497 e. The van der Waals surface area contributed by atoms with Crippen LogP contribution in [0.2, 0.25) is 0 Å². The number of rotatable bonds is 11. The molecule has 3 aromatic rings. The lowest BCUT2D eigenvalue weighted by atomic mass is 9.84. The van der Waals surface area contributed by atoms with Crippen molar-refractivity contribution in [2.75, 3.05) is 33.4 Å². The van der Waals surface area contributed by atoms with Crippen LogP contribution in [0.4, 0.5) is 0 Å². The summed E-state index contributed by atoms with van der Waals surface area (Å²) in [5.41, 5.74) is 0.801. The molecule has 2 heterocycles. The first-order valence-corrected chi connectivity index (χ1v) is 12.1. The van der Waals surface area contributed by atoms with Crippen LogP contribution in [-0.4, -0.2) is 71.5 Å². The van der Waals surface area contributed by atoms with E-state index in [4.69, 9.17) is 19.3 Å². The van der Waals surface area contributed by atoms with Gasteiger partial charge in [-0.05, 0) is 48.7 Å². The smallest absolute Gasteiger partial charge is 0.306 e. The van der Waals surface area contributed by atoms with E-state index in [-0.39, 0.29) is 19.4 Å². The quantitative estimate of drug-likeness (QED) is 0.346. The minimum atomic E-state index is -1.05. The van der Waals surface area contributed by atoms with Gasteiger partial charge in [-0.1, -0.05) is 18.2 Å². The molecule has 1 aliphatic rings. The summed E-state index contributed by atoms with van der Waals surface area (Å²) in [5.74, 6) is -0.250. The van der Waals surface area contributed by atoms with Crippen LogP contribution in [-0.2, 0) is 19.9 Å². The first-order valence-electron chi connectivity index (χ1n) is 12.1. The van der Waals surface area contributed by atoms with Gasteiger partial charge >= 0.3 is 11.9 Å². The number of aromatic amines is 1. The van der Waals surface area contributed by atoms with Gasteiger partial charge in [0.1, 0.15) is 24.2 Å². The number of likely N-dealkylation sites (tertiary alicyclic amines) is 1. The Bertz CT molecular complexity index is 1180. The Labute approximate surface area is 209 Å². The molecule has 3 N–H and O–H groups in total. The molecule has 4 rings (SSSR count). The Balaban J connectivity index is 1.40. The second-order valence-electron chi connectivity index (χ2n) is 9.08. The summed E-state index contributed by atoms with van der Waals surface area (Å²) in [6.07, 6.45) is 1.79. The number of nitrogens with one attached hydrogen (secondary N) is 1. The number of ether oxygens (including phenoxy) is 3. The van der Waals surface area contributed by atoms with Gasteiger partial charge in [-0.25, -0.2) is 0 Å². The summed E-state index contributed by atoms with van der Waals surface area (Å²) in [6.45, 7) is 1.74. The number of methoxy groups -OCH3 is 1. The van der Waals surface area contributed by atoms with Gasteiger partial charge < -0.3 is 29.4 Å². The van der Waals surface area contributed by atoms with E-state index in [1.807, 2.05) is 54.7 Å². The van der Waals surface area contributed by atoms with Crippen LogP contribution < -0.4 is 9.47 Å². The fourth-order valence-electron chi connectivity index (χ4n) is 4.54. The lowest BCUT2D eigenvalue weighted by molar-refractivity contribution is -0.154. The Morgan fingerprint density at radius 1 is 1.11 bits per heavy atom.